The number of furan rings is 1. The SMILES string of the molecule is Cc1cc(C(C)NS(=O)(=O)c2cc(N)ccc2Cl)c(C)o1. The minimum Gasteiger partial charge on any atom is -0.466 e. The van der Waals surface area contributed by atoms with Crippen molar-refractivity contribution < 1.29 is 12.8 Å². The Hall–Kier alpha value is -1.50. The minimum absolute atomic E-state index is 0.0334. The Labute approximate surface area is 129 Å². The molecule has 0 saturated carbocycles. The highest BCUT2D eigenvalue weighted by atomic mass is 35.5. The number of hydrogen-bond acceptors (Lipinski definition) is 4. The average Bonchev–Trinajstić information content (AvgIpc) is 2.71. The lowest BCUT2D eigenvalue weighted by Gasteiger charge is -2.14. The lowest BCUT2D eigenvalue weighted by Crippen LogP contribution is -2.27. The van der Waals surface area contributed by atoms with Crippen LogP contribution < -0.4 is 10.5 Å². The fourth-order valence-corrected chi connectivity index (χ4v) is 3.92. The summed E-state index contributed by atoms with van der Waals surface area (Å²) in [4.78, 5) is -0.0334. The summed E-state index contributed by atoms with van der Waals surface area (Å²) < 4.78 is 32.9. The molecule has 21 heavy (non-hydrogen) atoms. The average molecular weight is 329 g/mol. The van der Waals surface area contributed by atoms with Crippen LogP contribution in [0.3, 0.4) is 0 Å². The molecule has 0 bridgehead atoms. The molecule has 1 atom stereocenters. The van der Waals surface area contributed by atoms with E-state index in [0.29, 0.717) is 11.4 Å². The molecule has 2 aromatic rings. The molecule has 0 radical (unpaired) electrons. The van der Waals surface area contributed by atoms with Crippen molar-refractivity contribution in [2.75, 3.05) is 5.73 Å². The number of nitrogens with two attached hydrogens (primary N) is 1. The van der Waals surface area contributed by atoms with Crippen molar-refractivity contribution in [1.82, 2.24) is 4.72 Å². The van der Waals surface area contributed by atoms with E-state index in [1.54, 1.807) is 19.9 Å². The summed E-state index contributed by atoms with van der Waals surface area (Å²) in [6.07, 6.45) is 0. The zero-order chi connectivity index (χ0) is 15.8. The number of nitrogens with one attached hydrogen (secondary N) is 1. The van der Waals surface area contributed by atoms with E-state index in [2.05, 4.69) is 4.72 Å². The lowest BCUT2D eigenvalue weighted by atomic mass is 10.1. The Bertz CT molecular complexity index is 769. The molecular formula is C14H17ClN2O3S. The molecule has 0 aliphatic carbocycles. The summed E-state index contributed by atoms with van der Waals surface area (Å²) in [5.41, 5.74) is 6.75. The van der Waals surface area contributed by atoms with Gasteiger partial charge in [0.2, 0.25) is 10.0 Å². The van der Waals surface area contributed by atoms with Gasteiger partial charge in [0.1, 0.15) is 16.4 Å². The first-order valence-corrected chi connectivity index (χ1v) is 8.21. The number of anilines is 1. The predicted molar refractivity (Wildman–Crippen MR) is 82.8 cm³/mol. The summed E-state index contributed by atoms with van der Waals surface area (Å²) in [6.45, 7) is 5.35. The Balaban J connectivity index is 2.33. The fourth-order valence-electron chi connectivity index (χ4n) is 2.17. The molecule has 0 spiro atoms. The third-order valence-electron chi connectivity index (χ3n) is 3.12. The molecule has 1 aromatic heterocycles. The van der Waals surface area contributed by atoms with Crippen molar-refractivity contribution in [3.8, 4) is 0 Å². The van der Waals surface area contributed by atoms with Crippen LogP contribution in [0.15, 0.2) is 33.6 Å². The number of rotatable bonds is 4. The van der Waals surface area contributed by atoms with Crippen LogP contribution >= 0.6 is 11.6 Å². The van der Waals surface area contributed by atoms with Crippen LogP contribution in [0.4, 0.5) is 5.69 Å². The van der Waals surface area contributed by atoms with E-state index in [4.69, 9.17) is 21.8 Å². The summed E-state index contributed by atoms with van der Waals surface area (Å²) in [6, 6.07) is 5.72. The van der Waals surface area contributed by atoms with Crippen LogP contribution in [0.25, 0.3) is 0 Å². The van der Waals surface area contributed by atoms with Crippen molar-refractivity contribution in [1.29, 1.82) is 0 Å². The van der Waals surface area contributed by atoms with Gasteiger partial charge in [0.15, 0.2) is 0 Å². The largest absolute Gasteiger partial charge is 0.466 e. The standard InChI is InChI=1S/C14H17ClN2O3S/c1-8-6-12(10(3)20-8)9(2)17-21(18,19)14-7-11(16)4-5-13(14)15/h4-7,9,17H,16H2,1-3H3. The molecule has 5 nitrogen and oxygen atoms in total. The topological polar surface area (TPSA) is 85.3 Å². The van der Waals surface area contributed by atoms with Crippen molar-refractivity contribution in [3.63, 3.8) is 0 Å². The summed E-state index contributed by atoms with van der Waals surface area (Å²) in [5, 5.41) is 0.129. The van der Waals surface area contributed by atoms with E-state index in [1.165, 1.54) is 12.1 Å². The first kappa shape index (κ1) is 15.9. The molecule has 3 N–H and O–H groups in total. The number of hydrogen-bond donors (Lipinski definition) is 2. The summed E-state index contributed by atoms with van der Waals surface area (Å²) in [7, 11) is -3.77. The van der Waals surface area contributed by atoms with Gasteiger partial charge in [0.05, 0.1) is 5.02 Å². The van der Waals surface area contributed by atoms with Crippen LogP contribution in [0.1, 0.15) is 30.0 Å². The second kappa shape index (κ2) is 5.71. The van der Waals surface area contributed by atoms with Gasteiger partial charge >= 0.3 is 0 Å². The summed E-state index contributed by atoms with van der Waals surface area (Å²) >= 11 is 5.95. The van der Waals surface area contributed by atoms with Crippen molar-refractivity contribution in [3.05, 3.63) is 46.4 Å². The maximum Gasteiger partial charge on any atom is 0.242 e. The molecule has 114 valence electrons. The lowest BCUT2D eigenvalue weighted by molar-refractivity contribution is 0.496. The van der Waals surface area contributed by atoms with Gasteiger partial charge in [-0.25, -0.2) is 13.1 Å². The normalized spacial score (nSPS) is 13.3. The Morgan fingerprint density at radius 2 is 1.95 bits per heavy atom. The van der Waals surface area contributed by atoms with Gasteiger partial charge in [-0.1, -0.05) is 11.6 Å². The van der Waals surface area contributed by atoms with Crippen molar-refractivity contribution in [2.45, 2.75) is 31.7 Å². The fraction of sp³-hybridized carbons (Fsp3) is 0.286. The Morgan fingerprint density at radius 1 is 1.29 bits per heavy atom. The molecule has 1 aromatic carbocycles. The van der Waals surface area contributed by atoms with Crippen LogP contribution in [0.5, 0.6) is 0 Å². The van der Waals surface area contributed by atoms with Gasteiger partial charge in [0, 0.05) is 17.3 Å². The van der Waals surface area contributed by atoms with Gasteiger partial charge in [-0.05, 0) is 45.0 Å². The molecule has 0 aliphatic rings. The third-order valence-corrected chi connectivity index (χ3v) is 5.14. The maximum atomic E-state index is 12.4. The Kier molecular flexibility index (Phi) is 4.32. The quantitative estimate of drug-likeness (QED) is 0.844. The maximum absolute atomic E-state index is 12.4. The van der Waals surface area contributed by atoms with E-state index in [1.807, 2.05) is 13.0 Å². The van der Waals surface area contributed by atoms with E-state index in [-0.39, 0.29) is 9.92 Å². The van der Waals surface area contributed by atoms with Crippen molar-refractivity contribution in [2.24, 2.45) is 0 Å². The van der Waals surface area contributed by atoms with Crippen molar-refractivity contribution >= 4 is 27.3 Å². The molecule has 0 fully saturated rings. The number of halogens is 1. The second-order valence-corrected chi connectivity index (χ2v) is 6.99. The van der Waals surface area contributed by atoms with Gasteiger partial charge in [-0.15, -0.1) is 0 Å². The molecule has 7 heteroatoms. The summed E-state index contributed by atoms with van der Waals surface area (Å²) in [5.74, 6) is 1.41. The van der Waals surface area contributed by atoms with E-state index >= 15 is 0 Å². The number of nitrogen functional groups attached to an aromatic ring is 1. The highest BCUT2D eigenvalue weighted by Crippen LogP contribution is 2.27. The molecule has 0 aliphatic heterocycles. The minimum atomic E-state index is -3.77. The second-order valence-electron chi connectivity index (χ2n) is 4.90. The third kappa shape index (κ3) is 3.40. The number of aryl methyl sites for hydroxylation is 2. The first-order valence-electron chi connectivity index (χ1n) is 6.35. The molecule has 1 unspecified atom stereocenters. The molecule has 1 heterocycles. The first-order chi connectivity index (χ1) is 9.70. The van der Waals surface area contributed by atoms with Gasteiger partial charge in [-0.2, -0.15) is 0 Å². The van der Waals surface area contributed by atoms with E-state index in [9.17, 15) is 8.42 Å². The van der Waals surface area contributed by atoms with Crippen LogP contribution in [-0.4, -0.2) is 8.42 Å². The molecular weight excluding hydrogens is 312 g/mol. The number of sulfonamides is 1. The van der Waals surface area contributed by atoms with Gasteiger partial charge in [0.25, 0.3) is 0 Å². The van der Waals surface area contributed by atoms with Crippen LogP contribution in [0, 0.1) is 13.8 Å². The zero-order valence-corrected chi connectivity index (χ0v) is 13.5. The number of benzene rings is 1. The predicted octanol–water partition coefficient (Wildman–Crippen LogP) is 3.17. The van der Waals surface area contributed by atoms with Crippen LogP contribution in [0.2, 0.25) is 5.02 Å². The highest BCUT2D eigenvalue weighted by Gasteiger charge is 2.23. The Morgan fingerprint density at radius 3 is 2.52 bits per heavy atom. The smallest absolute Gasteiger partial charge is 0.242 e. The van der Waals surface area contributed by atoms with E-state index in [0.717, 1.165) is 11.3 Å². The highest BCUT2D eigenvalue weighted by molar-refractivity contribution is 7.89. The van der Waals surface area contributed by atoms with Gasteiger partial charge in [-0.3, -0.25) is 0 Å². The molecule has 0 amide bonds. The monoisotopic (exact) mass is 328 g/mol. The van der Waals surface area contributed by atoms with E-state index < -0.39 is 16.1 Å². The molecule has 0 saturated heterocycles. The van der Waals surface area contributed by atoms with Crippen LogP contribution in [-0.2, 0) is 10.0 Å². The molecule has 2 rings (SSSR count). The zero-order valence-electron chi connectivity index (χ0n) is 12.0. The van der Waals surface area contributed by atoms with Gasteiger partial charge < -0.3 is 10.2 Å².